The average molecular weight is 456 g/mol. The Morgan fingerprint density at radius 1 is 1.03 bits per heavy atom. The van der Waals surface area contributed by atoms with Crippen molar-refractivity contribution in [3.63, 3.8) is 0 Å². The molecule has 7 nitrogen and oxygen atoms in total. The van der Waals surface area contributed by atoms with Gasteiger partial charge in [0.2, 0.25) is 5.65 Å². The van der Waals surface area contributed by atoms with Gasteiger partial charge >= 0.3 is 0 Å². The van der Waals surface area contributed by atoms with Gasteiger partial charge in [0.15, 0.2) is 5.65 Å². The molecule has 0 spiro atoms. The first-order chi connectivity index (χ1) is 15.9. The zero-order chi connectivity index (χ0) is 23.0. The lowest BCUT2D eigenvalue weighted by atomic mass is 10.0. The van der Waals surface area contributed by atoms with Crippen LogP contribution >= 0.6 is 7.14 Å². The predicted octanol–water partition coefficient (Wildman–Crippen LogP) is 5.07. The maximum atomic E-state index is 12.4. The van der Waals surface area contributed by atoms with E-state index in [0.717, 1.165) is 45.9 Å². The van der Waals surface area contributed by atoms with Crippen molar-refractivity contribution >= 4 is 34.6 Å². The van der Waals surface area contributed by atoms with E-state index in [1.165, 1.54) is 0 Å². The molecule has 0 aliphatic rings. The number of fused-ring (bicyclic) bond motifs is 2. The van der Waals surface area contributed by atoms with E-state index in [4.69, 9.17) is 4.98 Å². The maximum absolute atomic E-state index is 12.4. The Hall–Kier alpha value is -3.44. The minimum absolute atomic E-state index is 0.0115. The summed E-state index contributed by atoms with van der Waals surface area (Å²) in [6.45, 7) is 5.71. The zero-order valence-corrected chi connectivity index (χ0v) is 19.8. The Kier molecular flexibility index (Phi) is 5.51. The summed E-state index contributed by atoms with van der Waals surface area (Å²) >= 11 is 0. The van der Waals surface area contributed by atoms with Crippen LogP contribution in [0.4, 0.5) is 0 Å². The third-order valence-corrected chi connectivity index (χ3v) is 7.38. The number of pyridine rings is 1. The molecule has 33 heavy (non-hydrogen) atoms. The van der Waals surface area contributed by atoms with Gasteiger partial charge in [-0.25, -0.2) is 14.6 Å². The van der Waals surface area contributed by atoms with Gasteiger partial charge in [0.25, 0.3) is 0 Å². The summed E-state index contributed by atoms with van der Waals surface area (Å²) in [7, 11) is -2.30. The highest BCUT2D eigenvalue weighted by Crippen LogP contribution is 2.35. The van der Waals surface area contributed by atoms with Crippen LogP contribution < -0.4 is 5.30 Å². The van der Waals surface area contributed by atoms with Crippen LogP contribution in [0.5, 0.6) is 0 Å². The summed E-state index contributed by atoms with van der Waals surface area (Å²) < 4.78 is 14.2. The van der Waals surface area contributed by atoms with E-state index in [9.17, 15) is 4.57 Å². The smallest absolute Gasteiger partial charge is 0.221 e. The van der Waals surface area contributed by atoms with Gasteiger partial charge in [-0.15, -0.1) is 5.10 Å². The van der Waals surface area contributed by atoms with Gasteiger partial charge in [0.05, 0.1) is 23.4 Å². The van der Waals surface area contributed by atoms with Crippen molar-refractivity contribution in [2.24, 2.45) is 0 Å². The minimum atomic E-state index is -2.30. The molecule has 0 amide bonds. The number of nitrogens with zero attached hydrogens (tertiary/aromatic N) is 6. The normalized spacial score (nSPS) is 12.9. The number of hydrogen-bond donors (Lipinski definition) is 0. The van der Waals surface area contributed by atoms with Crippen molar-refractivity contribution in [2.45, 2.75) is 25.8 Å². The SMILES string of the molecule is CCCC(c1ccc2ncccc2c1)n1nnc2ncc(-c3ccc(P(C)(C)=O)cc3)nc21. The highest BCUT2D eigenvalue weighted by atomic mass is 31.2. The Balaban J connectivity index is 1.58. The first-order valence-corrected chi connectivity index (χ1v) is 13.6. The van der Waals surface area contributed by atoms with E-state index in [1.807, 2.05) is 41.1 Å². The van der Waals surface area contributed by atoms with E-state index >= 15 is 0 Å². The van der Waals surface area contributed by atoms with E-state index in [0.29, 0.717) is 11.3 Å². The van der Waals surface area contributed by atoms with Crippen LogP contribution in [0.2, 0.25) is 0 Å². The summed E-state index contributed by atoms with van der Waals surface area (Å²) in [5.41, 5.74) is 4.93. The third-order valence-electron chi connectivity index (χ3n) is 5.84. The van der Waals surface area contributed by atoms with Gasteiger partial charge in [-0.1, -0.05) is 55.0 Å². The van der Waals surface area contributed by atoms with Crippen molar-refractivity contribution in [3.8, 4) is 11.3 Å². The Morgan fingerprint density at radius 2 is 1.85 bits per heavy atom. The highest BCUT2D eigenvalue weighted by Gasteiger charge is 2.20. The van der Waals surface area contributed by atoms with Crippen LogP contribution in [0.3, 0.4) is 0 Å². The van der Waals surface area contributed by atoms with E-state index in [1.54, 1.807) is 25.7 Å². The van der Waals surface area contributed by atoms with Crippen LogP contribution in [-0.2, 0) is 4.57 Å². The molecule has 0 N–H and O–H groups in total. The van der Waals surface area contributed by atoms with Crippen molar-refractivity contribution < 1.29 is 4.57 Å². The molecular weight excluding hydrogens is 431 g/mol. The molecule has 1 atom stereocenters. The van der Waals surface area contributed by atoms with Crippen LogP contribution in [0, 0.1) is 0 Å². The molecule has 5 rings (SSSR count). The summed E-state index contributed by atoms with van der Waals surface area (Å²) in [5, 5.41) is 10.7. The molecule has 0 bridgehead atoms. The summed E-state index contributed by atoms with van der Waals surface area (Å²) in [6, 6.07) is 18.0. The second kappa shape index (κ2) is 8.49. The van der Waals surface area contributed by atoms with Crippen molar-refractivity contribution in [1.82, 2.24) is 29.9 Å². The fraction of sp³-hybridized carbons (Fsp3) is 0.240. The molecule has 0 saturated carbocycles. The van der Waals surface area contributed by atoms with Gasteiger partial charge in [-0.2, -0.15) is 0 Å². The Bertz CT molecular complexity index is 1490. The molecule has 0 aliphatic carbocycles. The molecular formula is C25H25N6OP. The lowest BCUT2D eigenvalue weighted by Crippen LogP contribution is -2.13. The standard InChI is InChI=1S/C25H25N6OP/c1-4-6-23(19-10-13-21-18(15-19)7-5-14-26-21)31-25-24(29-30-31)27-16-22(28-25)17-8-11-20(12-9-17)33(2,3)32/h5,7-16,23H,4,6H2,1-3H3. The van der Waals surface area contributed by atoms with Crippen LogP contribution in [-0.4, -0.2) is 43.3 Å². The van der Waals surface area contributed by atoms with Gasteiger partial charge < -0.3 is 4.57 Å². The monoisotopic (exact) mass is 456 g/mol. The van der Waals surface area contributed by atoms with Crippen LogP contribution in [0.1, 0.15) is 31.4 Å². The van der Waals surface area contributed by atoms with Crippen molar-refractivity contribution in [1.29, 1.82) is 0 Å². The maximum Gasteiger partial charge on any atom is 0.221 e. The summed E-state index contributed by atoms with van der Waals surface area (Å²) in [5.74, 6) is 0. The molecule has 5 aromatic rings. The minimum Gasteiger partial charge on any atom is -0.319 e. The first-order valence-electron chi connectivity index (χ1n) is 11.0. The largest absolute Gasteiger partial charge is 0.319 e. The van der Waals surface area contributed by atoms with Crippen LogP contribution in [0.15, 0.2) is 67.0 Å². The Morgan fingerprint density at radius 3 is 2.61 bits per heavy atom. The zero-order valence-electron chi connectivity index (χ0n) is 18.9. The summed E-state index contributed by atoms with van der Waals surface area (Å²) in [4.78, 5) is 13.8. The van der Waals surface area contributed by atoms with Gasteiger partial charge in [-0.3, -0.25) is 4.98 Å². The van der Waals surface area contributed by atoms with Gasteiger partial charge in [0.1, 0.15) is 7.14 Å². The second-order valence-corrected chi connectivity index (χ2v) is 11.8. The fourth-order valence-electron chi connectivity index (χ4n) is 4.08. The Labute approximate surface area is 192 Å². The van der Waals surface area contributed by atoms with Gasteiger partial charge in [0, 0.05) is 22.5 Å². The highest BCUT2D eigenvalue weighted by molar-refractivity contribution is 7.70. The van der Waals surface area contributed by atoms with E-state index in [2.05, 4.69) is 45.4 Å². The van der Waals surface area contributed by atoms with Crippen LogP contribution in [0.25, 0.3) is 33.5 Å². The number of rotatable bonds is 6. The van der Waals surface area contributed by atoms with Gasteiger partial charge in [-0.05, 0) is 43.5 Å². The summed E-state index contributed by atoms with van der Waals surface area (Å²) in [6.07, 6.45) is 5.40. The quantitative estimate of drug-likeness (QED) is 0.332. The fourth-order valence-corrected chi connectivity index (χ4v) is 4.94. The number of hydrogen-bond acceptors (Lipinski definition) is 6. The molecule has 1 unspecified atom stereocenters. The molecule has 3 heterocycles. The van der Waals surface area contributed by atoms with E-state index in [-0.39, 0.29) is 6.04 Å². The second-order valence-electron chi connectivity index (χ2n) is 8.59. The molecule has 166 valence electrons. The first kappa shape index (κ1) is 21.4. The predicted molar refractivity (Wildman–Crippen MR) is 132 cm³/mol. The van der Waals surface area contributed by atoms with Crippen molar-refractivity contribution in [2.75, 3.05) is 13.3 Å². The van der Waals surface area contributed by atoms with Crippen molar-refractivity contribution in [3.05, 3.63) is 72.6 Å². The molecule has 8 heteroatoms. The topological polar surface area (TPSA) is 86.5 Å². The average Bonchev–Trinajstić information content (AvgIpc) is 3.25. The third kappa shape index (κ3) is 4.16. The molecule has 0 fully saturated rings. The number of benzene rings is 2. The number of aromatic nitrogens is 6. The molecule has 0 radical (unpaired) electrons. The van der Waals surface area contributed by atoms with E-state index < -0.39 is 7.14 Å². The lowest BCUT2D eigenvalue weighted by molar-refractivity contribution is 0.482. The lowest BCUT2D eigenvalue weighted by Gasteiger charge is -2.18. The molecule has 3 aromatic heterocycles. The molecule has 2 aromatic carbocycles. The molecule has 0 aliphatic heterocycles. The molecule has 0 saturated heterocycles.